The van der Waals surface area contributed by atoms with E-state index in [2.05, 4.69) is 5.32 Å². The summed E-state index contributed by atoms with van der Waals surface area (Å²) < 4.78 is 22.0. The first-order valence-corrected chi connectivity index (χ1v) is 10.4. The lowest BCUT2D eigenvalue weighted by Gasteiger charge is -2.17. The first kappa shape index (κ1) is 22.5. The Morgan fingerprint density at radius 3 is 2.00 bits per heavy atom. The van der Waals surface area contributed by atoms with Crippen LogP contribution in [0.1, 0.15) is 53.3 Å². The monoisotopic (exact) mass is 421 g/mol. The molecule has 8 heteroatoms. The van der Waals surface area contributed by atoms with E-state index in [-0.39, 0.29) is 5.91 Å². The molecule has 0 radical (unpaired) electrons. The van der Waals surface area contributed by atoms with Gasteiger partial charge in [-0.2, -0.15) is 0 Å². The molecule has 0 aliphatic rings. The molecule has 0 atom stereocenters. The van der Waals surface area contributed by atoms with Gasteiger partial charge in [0.15, 0.2) is 11.5 Å². The van der Waals surface area contributed by atoms with Crippen molar-refractivity contribution in [2.24, 2.45) is 0 Å². The molecule has 29 heavy (non-hydrogen) atoms. The van der Waals surface area contributed by atoms with Crippen molar-refractivity contribution in [1.82, 2.24) is 0 Å². The fourth-order valence-electron chi connectivity index (χ4n) is 2.65. The maximum absolute atomic E-state index is 12.8. The maximum atomic E-state index is 12.8. The molecule has 0 unspecified atom stereocenters. The summed E-state index contributed by atoms with van der Waals surface area (Å²) in [6, 6.07) is 4.99. The zero-order valence-corrected chi connectivity index (χ0v) is 18.2. The number of carbonyl (C=O) groups excluding carboxylic acids is 2. The first-order valence-electron chi connectivity index (χ1n) is 9.60. The summed E-state index contributed by atoms with van der Waals surface area (Å²) in [5.41, 5.74) is 1.12. The Kier molecular flexibility index (Phi) is 8.33. The van der Waals surface area contributed by atoms with Gasteiger partial charge in [0, 0.05) is 5.56 Å². The molecule has 0 saturated carbocycles. The predicted molar refractivity (Wildman–Crippen MR) is 113 cm³/mol. The lowest BCUT2D eigenvalue weighted by Crippen LogP contribution is -2.12. The molecule has 1 amide bonds. The quantitative estimate of drug-likeness (QED) is 0.561. The summed E-state index contributed by atoms with van der Waals surface area (Å²) in [4.78, 5) is 25.3. The number of thiophene rings is 1. The Labute approximate surface area is 174 Å². The molecule has 0 saturated heterocycles. The van der Waals surface area contributed by atoms with Crippen LogP contribution >= 0.6 is 11.3 Å². The number of rotatable bonds is 10. The molecule has 0 bridgehead atoms. The maximum Gasteiger partial charge on any atom is 0.348 e. The molecule has 2 aromatic rings. The topological polar surface area (TPSA) is 83.1 Å². The molecule has 2 rings (SSSR count). The summed E-state index contributed by atoms with van der Waals surface area (Å²) in [5.74, 6) is 0.629. The SMILES string of the molecule is CCOC(=O)c1sc(NC(=O)c2cc(OCC)c(OCC)c(OCC)c2)cc1C. The van der Waals surface area contributed by atoms with Crippen molar-refractivity contribution in [3.8, 4) is 17.2 Å². The van der Waals surface area contributed by atoms with Crippen LogP contribution < -0.4 is 19.5 Å². The highest BCUT2D eigenvalue weighted by Crippen LogP contribution is 2.39. The van der Waals surface area contributed by atoms with Crippen LogP contribution in [-0.2, 0) is 4.74 Å². The van der Waals surface area contributed by atoms with Crippen LogP contribution in [0.2, 0.25) is 0 Å². The van der Waals surface area contributed by atoms with E-state index >= 15 is 0 Å². The van der Waals surface area contributed by atoms with E-state index in [9.17, 15) is 9.59 Å². The minimum atomic E-state index is -0.395. The number of anilines is 1. The van der Waals surface area contributed by atoms with Crippen LogP contribution in [0, 0.1) is 6.92 Å². The Morgan fingerprint density at radius 1 is 0.897 bits per heavy atom. The summed E-state index contributed by atoms with van der Waals surface area (Å²) in [6.07, 6.45) is 0. The molecule has 0 aliphatic carbocycles. The van der Waals surface area contributed by atoms with Gasteiger partial charge in [0.2, 0.25) is 5.75 Å². The van der Waals surface area contributed by atoms with Crippen LogP contribution in [0.4, 0.5) is 5.00 Å². The Bertz CT molecular complexity index is 834. The van der Waals surface area contributed by atoms with Crippen molar-refractivity contribution in [1.29, 1.82) is 0 Å². The first-order chi connectivity index (χ1) is 13.9. The molecule has 1 aromatic carbocycles. The van der Waals surface area contributed by atoms with Gasteiger partial charge in [-0.05, 0) is 58.4 Å². The predicted octanol–water partition coefficient (Wildman–Crippen LogP) is 4.68. The molecule has 1 heterocycles. The second-order valence-electron chi connectivity index (χ2n) is 5.90. The number of aryl methyl sites for hydroxylation is 1. The summed E-state index contributed by atoms with van der Waals surface area (Å²) in [7, 11) is 0. The van der Waals surface area contributed by atoms with E-state index in [1.807, 2.05) is 20.8 Å². The number of hydrogen-bond donors (Lipinski definition) is 1. The van der Waals surface area contributed by atoms with E-state index in [0.29, 0.717) is 59.1 Å². The number of benzene rings is 1. The van der Waals surface area contributed by atoms with Gasteiger partial charge >= 0.3 is 5.97 Å². The van der Waals surface area contributed by atoms with Crippen LogP contribution in [0.15, 0.2) is 18.2 Å². The van der Waals surface area contributed by atoms with Crippen LogP contribution in [0.5, 0.6) is 17.2 Å². The molecule has 7 nitrogen and oxygen atoms in total. The zero-order chi connectivity index (χ0) is 21.4. The molecule has 158 valence electrons. The summed E-state index contributed by atoms with van der Waals surface area (Å²) in [5, 5.41) is 3.38. The number of esters is 1. The molecule has 1 aromatic heterocycles. The second-order valence-corrected chi connectivity index (χ2v) is 6.95. The van der Waals surface area contributed by atoms with Crippen LogP contribution in [0.3, 0.4) is 0 Å². The van der Waals surface area contributed by atoms with E-state index in [1.54, 1.807) is 32.0 Å². The second kappa shape index (κ2) is 10.7. The van der Waals surface area contributed by atoms with E-state index in [4.69, 9.17) is 18.9 Å². The summed E-state index contributed by atoms with van der Waals surface area (Å²) in [6.45, 7) is 10.7. The van der Waals surface area contributed by atoms with Gasteiger partial charge in [-0.1, -0.05) is 0 Å². The number of amides is 1. The highest BCUT2D eigenvalue weighted by molar-refractivity contribution is 7.18. The average Bonchev–Trinajstić information content (AvgIpc) is 3.04. The third kappa shape index (κ3) is 5.63. The van der Waals surface area contributed by atoms with Crippen molar-refractivity contribution in [2.45, 2.75) is 34.6 Å². The minimum absolute atomic E-state index is 0.296. The van der Waals surface area contributed by atoms with Crippen molar-refractivity contribution >= 4 is 28.2 Å². The lowest BCUT2D eigenvalue weighted by atomic mass is 10.1. The van der Waals surface area contributed by atoms with Crippen LogP contribution in [-0.4, -0.2) is 38.3 Å². The average molecular weight is 422 g/mol. The largest absolute Gasteiger partial charge is 0.490 e. The molecule has 0 spiro atoms. The molecular weight excluding hydrogens is 394 g/mol. The van der Waals surface area contributed by atoms with Gasteiger partial charge in [0.25, 0.3) is 5.91 Å². The van der Waals surface area contributed by atoms with Crippen molar-refractivity contribution in [3.05, 3.63) is 34.2 Å². The van der Waals surface area contributed by atoms with Gasteiger partial charge < -0.3 is 24.3 Å². The van der Waals surface area contributed by atoms with Crippen LogP contribution in [0.25, 0.3) is 0 Å². The fourth-order valence-corrected chi connectivity index (χ4v) is 3.61. The number of nitrogens with one attached hydrogen (secondary N) is 1. The minimum Gasteiger partial charge on any atom is -0.490 e. The van der Waals surface area contributed by atoms with Gasteiger partial charge in [0.05, 0.1) is 31.4 Å². The highest BCUT2D eigenvalue weighted by Gasteiger charge is 2.20. The Hall–Kier alpha value is -2.74. The highest BCUT2D eigenvalue weighted by atomic mass is 32.1. The Morgan fingerprint density at radius 2 is 1.48 bits per heavy atom. The molecule has 1 N–H and O–H groups in total. The van der Waals surface area contributed by atoms with E-state index < -0.39 is 5.97 Å². The van der Waals surface area contributed by atoms with E-state index in [1.165, 1.54) is 11.3 Å². The lowest BCUT2D eigenvalue weighted by molar-refractivity contribution is 0.0531. The third-order valence-electron chi connectivity index (χ3n) is 3.79. The van der Waals surface area contributed by atoms with Crippen molar-refractivity contribution < 1.29 is 28.5 Å². The smallest absolute Gasteiger partial charge is 0.348 e. The van der Waals surface area contributed by atoms with E-state index in [0.717, 1.165) is 5.56 Å². The van der Waals surface area contributed by atoms with Gasteiger partial charge in [-0.15, -0.1) is 11.3 Å². The third-order valence-corrected chi connectivity index (χ3v) is 4.92. The molecular formula is C21H27NO6S. The standard InChI is InChI=1S/C21H27NO6S/c1-6-25-15-11-14(12-16(26-7-2)18(15)27-8-3)20(23)22-17-10-13(5)19(29-17)21(24)28-9-4/h10-12H,6-9H2,1-5H3,(H,22,23). The number of carbonyl (C=O) groups is 2. The van der Waals surface area contributed by atoms with Crippen molar-refractivity contribution in [3.63, 3.8) is 0 Å². The molecule has 0 fully saturated rings. The number of ether oxygens (including phenoxy) is 4. The van der Waals surface area contributed by atoms with Crippen molar-refractivity contribution in [2.75, 3.05) is 31.7 Å². The number of hydrogen-bond acceptors (Lipinski definition) is 7. The fraction of sp³-hybridized carbons (Fsp3) is 0.429. The summed E-state index contributed by atoms with van der Waals surface area (Å²) >= 11 is 1.18. The van der Waals surface area contributed by atoms with Gasteiger partial charge in [-0.3, -0.25) is 4.79 Å². The Balaban J connectivity index is 2.32. The zero-order valence-electron chi connectivity index (χ0n) is 17.4. The molecule has 0 aliphatic heterocycles. The normalized spacial score (nSPS) is 10.4. The van der Waals surface area contributed by atoms with Gasteiger partial charge in [0.1, 0.15) is 4.88 Å². The van der Waals surface area contributed by atoms with Gasteiger partial charge in [-0.25, -0.2) is 4.79 Å².